The summed E-state index contributed by atoms with van der Waals surface area (Å²) in [6.45, 7) is 0.0416. The maximum atomic E-state index is 12.1. The Bertz CT molecular complexity index is 718. The fourth-order valence-corrected chi connectivity index (χ4v) is 2.39. The van der Waals surface area contributed by atoms with Crippen molar-refractivity contribution in [1.29, 1.82) is 0 Å². The number of carbonyl (C=O) groups excluding carboxylic acids is 1. The van der Waals surface area contributed by atoms with Crippen molar-refractivity contribution in [3.05, 3.63) is 62.6 Å². The van der Waals surface area contributed by atoms with Gasteiger partial charge < -0.3 is 10.1 Å². The van der Waals surface area contributed by atoms with Gasteiger partial charge in [-0.3, -0.25) is 14.9 Å². The third-order valence-electron chi connectivity index (χ3n) is 2.98. The average Bonchev–Trinajstić information content (AvgIpc) is 2.52. The molecule has 0 saturated heterocycles. The summed E-state index contributed by atoms with van der Waals surface area (Å²) in [6, 6.07) is 11.1. The molecule has 22 heavy (non-hydrogen) atoms. The molecular formula is C15H13BrN2O4. The van der Waals surface area contributed by atoms with Crippen LogP contribution >= 0.6 is 15.9 Å². The van der Waals surface area contributed by atoms with Gasteiger partial charge in [0.15, 0.2) is 5.78 Å². The second-order valence-corrected chi connectivity index (χ2v) is 5.29. The molecule has 0 aliphatic carbocycles. The van der Waals surface area contributed by atoms with E-state index in [1.165, 1.54) is 12.1 Å². The zero-order chi connectivity index (χ0) is 16.1. The molecule has 0 aliphatic heterocycles. The van der Waals surface area contributed by atoms with Gasteiger partial charge in [-0.1, -0.05) is 6.07 Å². The highest BCUT2D eigenvalue weighted by Crippen LogP contribution is 2.25. The molecule has 0 aliphatic rings. The zero-order valence-electron chi connectivity index (χ0n) is 11.7. The fourth-order valence-electron chi connectivity index (χ4n) is 1.85. The van der Waals surface area contributed by atoms with E-state index in [-0.39, 0.29) is 18.0 Å². The first-order valence-corrected chi connectivity index (χ1v) is 7.15. The molecule has 0 aromatic heterocycles. The molecule has 6 nitrogen and oxygen atoms in total. The summed E-state index contributed by atoms with van der Waals surface area (Å²) < 4.78 is 5.80. The van der Waals surface area contributed by atoms with Crippen LogP contribution in [0.3, 0.4) is 0 Å². The van der Waals surface area contributed by atoms with Crippen LogP contribution < -0.4 is 10.1 Å². The van der Waals surface area contributed by atoms with Gasteiger partial charge in [-0.05, 0) is 40.2 Å². The van der Waals surface area contributed by atoms with Gasteiger partial charge in [0.1, 0.15) is 5.75 Å². The van der Waals surface area contributed by atoms with Gasteiger partial charge >= 0.3 is 0 Å². The van der Waals surface area contributed by atoms with Crippen LogP contribution in [-0.2, 0) is 0 Å². The monoisotopic (exact) mass is 364 g/mol. The minimum absolute atomic E-state index is 0.0235. The van der Waals surface area contributed by atoms with Crippen molar-refractivity contribution in [3.63, 3.8) is 0 Å². The van der Waals surface area contributed by atoms with E-state index in [4.69, 9.17) is 4.74 Å². The quantitative estimate of drug-likeness (QED) is 0.480. The number of carbonyl (C=O) groups is 1. The Labute approximate surface area is 135 Å². The van der Waals surface area contributed by atoms with Gasteiger partial charge in [-0.15, -0.1) is 0 Å². The van der Waals surface area contributed by atoms with Crippen molar-refractivity contribution in [3.8, 4) is 5.75 Å². The van der Waals surface area contributed by atoms with Crippen LogP contribution in [0.2, 0.25) is 0 Å². The van der Waals surface area contributed by atoms with Gasteiger partial charge in [0.05, 0.1) is 23.1 Å². The number of nitro groups is 1. The number of nitrogens with zero attached hydrogens (tertiary/aromatic N) is 1. The Balaban J connectivity index is 2.05. The Morgan fingerprint density at radius 2 is 2.09 bits per heavy atom. The summed E-state index contributed by atoms with van der Waals surface area (Å²) >= 11 is 3.32. The van der Waals surface area contributed by atoms with Crippen molar-refractivity contribution in [1.82, 2.24) is 0 Å². The number of Topliss-reactive ketones (excluding diaryl/α,β-unsaturated/α-hetero) is 1. The van der Waals surface area contributed by atoms with Crippen LogP contribution in [0.1, 0.15) is 10.4 Å². The second kappa shape index (κ2) is 7.04. The first kappa shape index (κ1) is 16.0. The predicted molar refractivity (Wildman–Crippen MR) is 86.6 cm³/mol. The van der Waals surface area contributed by atoms with Gasteiger partial charge in [-0.2, -0.15) is 0 Å². The van der Waals surface area contributed by atoms with Crippen molar-refractivity contribution in [2.75, 3.05) is 19.0 Å². The number of hydrogen-bond acceptors (Lipinski definition) is 5. The Hall–Kier alpha value is -2.41. The number of nitrogens with one attached hydrogen (secondary N) is 1. The highest BCUT2D eigenvalue weighted by Gasteiger charge is 2.10. The van der Waals surface area contributed by atoms with E-state index < -0.39 is 4.92 Å². The Morgan fingerprint density at radius 1 is 1.32 bits per heavy atom. The third kappa shape index (κ3) is 3.82. The number of nitro benzene ring substituents is 1. The van der Waals surface area contributed by atoms with Crippen LogP contribution in [0.25, 0.3) is 0 Å². The Morgan fingerprint density at radius 3 is 2.73 bits per heavy atom. The number of rotatable bonds is 6. The molecule has 0 atom stereocenters. The van der Waals surface area contributed by atoms with E-state index in [1.54, 1.807) is 37.4 Å². The molecule has 7 heteroatoms. The number of hydrogen-bond donors (Lipinski definition) is 1. The molecule has 0 unspecified atom stereocenters. The standard InChI is InChI=1S/C15H13BrN2O4/c1-22-15-6-5-10(7-13(15)16)14(19)9-17-11-3-2-4-12(8-11)18(20)21/h2-8,17H,9H2,1H3. The molecule has 0 radical (unpaired) electrons. The van der Waals surface area contributed by atoms with Gasteiger partial charge in [0.25, 0.3) is 5.69 Å². The lowest BCUT2D eigenvalue weighted by Crippen LogP contribution is -2.14. The highest BCUT2D eigenvalue weighted by atomic mass is 79.9. The number of non-ortho nitro benzene ring substituents is 1. The lowest BCUT2D eigenvalue weighted by Gasteiger charge is -2.08. The van der Waals surface area contributed by atoms with Crippen molar-refractivity contribution in [2.45, 2.75) is 0 Å². The summed E-state index contributed by atoms with van der Waals surface area (Å²) in [5, 5.41) is 13.6. The highest BCUT2D eigenvalue weighted by molar-refractivity contribution is 9.10. The lowest BCUT2D eigenvalue weighted by molar-refractivity contribution is -0.384. The number of ketones is 1. The number of methoxy groups -OCH3 is 1. The number of anilines is 1. The normalized spacial score (nSPS) is 10.1. The van der Waals surface area contributed by atoms with E-state index in [9.17, 15) is 14.9 Å². The van der Waals surface area contributed by atoms with Crippen LogP contribution in [0.15, 0.2) is 46.9 Å². The van der Waals surface area contributed by atoms with Gasteiger partial charge in [0.2, 0.25) is 0 Å². The van der Waals surface area contributed by atoms with E-state index in [1.807, 2.05) is 0 Å². The smallest absolute Gasteiger partial charge is 0.271 e. The molecule has 2 aromatic carbocycles. The molecular weight excluding hydrogens is 352 g/mol. The lowest BCUT2D eigenvalue weighted by atomic mass is 10.1. The minimum Gasteiger partial charge on any atom is -0.496 e. The molecule has 2 rings (SSSR count). The average molecular weight is 365 g/mol. The summed E-state index contributed by atoms with van der Waals surface area (Å²) in [6.07, 6.45) is 0. The molecule has 0 bridgehead atoms. The maximum Gasteiger partial charge on any atom is 0.271 e. The van der Waals surface area contributed by atoms with Gasteiger partial charge in [0, 0.05) is 23.4 Å². The van der Waals surface area contributed by atoms with E-state index in [2.05, 4.69) is 21.2 Å². The van der Waals surface area contributed by atoms with Crippen LogP contribution in [0.4, 0.5) is 11.4 Å². The van der Waals surface area contributed by atoms with Crippen LogP contribution in [0, 0.1) is 10.1 Å². The third-order valence-corrected chi connectivity index (χ3v) is 3.60. The molecule has 1 N–H and O–H groups in total. The zero-order valence-corrected chi connectivity index (χ0v) is 13.3. The molecule has 0 spiro atoms. The molecule has 114 valence electrons. The first-order chi connectivity index (χ1) is 10.5. The molecule has 0 saturated carbocycles. The van der Waals surface area contributed by atoms with Crippen molar-refractivity contribution in [2.24, 2.45) is 0 Å². The van der Waals surface area contributed by atoms with E-state index in [0.717, 1.165) is 0 Å². The summed E-state index contributed by atoms with van der Waals surface area (Å²) in [5.74, 6) is 0.512. The second-order valence-electron chi connectivity index (χ2n) is 4.43. The molecule has 2 aromatic rings. The molecule has 0 heterocycles. The largest absolute Gasteiger partial charge is 0.496 e. The Kier molecular flexibility index (Phi) is 5.11. The minimum atomic E-state index is -0.479. The first-order valence-electron chi connectivity index (χ1n) is 6.36. The number of ether oxygens (including phenoxy) is 1. The van der Waals surface area contributed by atoms with Crippen LogP contribution in [0.5, 0.6) is 5.75 Å². The van der Waals surface area contributed by atoms with E-state index in [0.29, 0.717) is 21.5 Å². The summed E-state index contributed by atoms with van der Waals surface area (Å²) in [7, 11) is 1.55. The number of halogens is 1. The fraction of sp³-hybridized carbons (Fsp3) is 0.133. The number of benzene rings is 2. The predicted octanol–water partition coefficient (Wildman–Crippen LogP) is 3.66. The topological polar surface area (TPSA) is 81.5 Å². The SMILES string of the molecule is COc1ccc(C(=O)CNc2cccc([N+](=O)[O-])c2)cc1Br. The maximum absolute atomic E-state index is 12.1. The van der Waals surface area contributed by atoms with E-state index >= 15 is 0 Å². The van der Waals surface area contributed by atoms with Crippen molar-refractivity contribution >= 4 is 33.1 Å². The van der Waals surface area contributed by atoms with Crippen molar-refractivity contribution < 1.29 is 14.5 Å². The van der Waals surface area contributed by atoms with Gasteiger partial charge in [-0.25, -0.2) is 0 Å². The summed E-state index contributed by atoms with van der Waals surface area (Å²) in [5.41, 5.74) is 1.02. The van der Waals surface area contributed by atoms with Crippen LogP contribution in [-0.4, -0.2) is 24.4 Å². The molecule has 0 amide bonds. The molecule has 0 fully saturated rings. The summed E-state index contributed by atoms with van der Waals surface area (Å²) in [4.78, 5) is 22.4.